The summed E-state index contributed by atoms with van der Waals surface area (Å²) in [4.78, 5) is 0. The molecule has 0 aromatic rings. The topological polar surface area (TPSA) is 109 Å². The summed E-state index contributed by atoms with van der Waals surface area (Å²) in [6.45, 7) is 17.4. The maximum Gasteiger partial charge on any atom is 0.215 e. The highest BCUT2D eigenvalue weighted by Crippen LogP contribution is 2.70. The van der Waals surface area contributed by atoms with Crippen molar-refractivity contribution >= 4 is 22.5 Å². The average Bonchev–Trinajstić information content (AvgIpc) is 2.48. The Hall–Kier alpha value is 0.450. The third-order valence-electron chi connectivity index (χ3n) is 3.05. The SMILES string of the molecule is CCNP1(NCC)=NP(NCC)(NCC)=NP(NCC)(NCC)=N1. The van der Waals surface area contributed by atoms with Gasteiger partial charge in [-0.15, -0.1) is 0 Å². The Bertz CT molecular complexity index is 423. The van der Waals surface area contributed by atoms with E-state index in [1.165, 1.54) is 0 Å². The van der Waals surface area contributed by atoms with Crippen molar-refractivity contribution in [2.24, 2.45) is 13.5 Å². The predicted molar refractivity (Wildman–Crippen MR) is 110 cm³/mol. The molecule has 144 valence electrons. The second-order valence-corrected chi connectivity index (χ2v) is 12.8. The molecule has 1 rings (SSSR count). The van der Waals surface area contributed by atoms with Crippen LogP contribution in [0.5, 0.6) is 0 Å². The van der Waals surface area contributed by atoms with Crippen LogP contribution in [0.4, 0.5) is 0 Å². The highest BCUT2D eigenvalue weighted by Gasteiger charge is 2.35. The maximum absolute atomic E-state index is 5.16. The van der Waals surface area contributed by atoms with Crippen molar-refractivity contribution in [3.8, 4) is 0 Å². The van der Waals surface area contributed by atoms with Crippen LogP contribution in [0.25, 0.3) is 0 Å². The van der Waals surface area contributed by atoms with Gasteiger partial charge in [0.25, 0.3) is 0 Å². The molecule has 0 saturated heterocycles. The van der Waals surface area contributed by atoms with Crippen LogP contribution < -0.4 is 30.5 Å². The first-order valence-corrected chi connectivity index (χ1v) is 14.0. The molecule has 0 saturated carbocycles. The molecule has 0 atom stereocenters. The monoisotopic (exact) mass is 399 g/mol. The molecule has 0 unspecified atom stereocenters. The van der Waals surface area contributed by atoms with Crippen LogP contribution in [0.3, 0.4) is 0 Å². The minimum absolute atomic E-state index is 0.810. The van der Waals surface area contributed by atoms with Crippen LogP contribution in [0, 0.1) is 0 Å². The van der Waals surface area contributed by atoms with E-state index in [-0.39, 0.29) is 0 Å². The molecule has 6 N–H and O–H groups in total. The van der Waals surface area contributed by atoms with Gasteiger partial charge in [-0.2, -0.15) is 13.5 Å². The summed E-state index contributed by atoms with van der Waals surface area (Å²) in [7, 11) is -6.74. The molecule has 0 aromatic carbocycles. The Morgan fingerprint density at radius 2 is 0.583 bits per heavy atom. The van der Waals surface area contributed by atoms with Crippen molar-refractivity contribution in [2.75, 3.05) is 39.3 Å². The van der Waals surface area contributed by atoms with E-state index in [9.17, 15) is 0 Å². The van der Waals surface area contributed by atoms with Gasteiger partial charge in [0.05, 0.1) is 0 Å². The van der Waals surface area contributed by atoms with E-state index >= 15 is 0 Å². The molecular formula is C12H36N9P3. The standard InChI is InChI=1S/C12H36N9P3/c1-7-13-22(14-8-2)19-23(15-9-3,16-10-4)21-24(20-22,17-11-5)18-12-6/h13-18H,7-12H2,1-6H3. The van der Waals surface area contributed by atoms with Crippen LogP contribution in [0.2, 0.25) is 0 Å². The fraction of sp³-hybridized carbons (Fsp3) is 1.00. The Balaban J connectivity index is 3.69. The molecule has 1 aliphatic heterocycles. The summed E-state index contributed by atoms with van der Waals surface area (Å²) in [5, 5.41) is 21.3. The van der Waals surface area contributed by atoms with Crippen molar-refractivity contribution in [1.29, 1.82) is 0 Å². The lowest BCUT2D eigenvalue weighted by atomic mass is 10.8. The van der Waals surface area contributed by atoms with Gasteiger partial charge in [-0.05, 0) is 0 Å². The molecule has 1 aliphatic rings. The highest BCUT2D eigenvalue weighted by atomic mass is 31.3. The lowest BCUT2D eigenvalue weighted by Gasteiger charge is -2.37. The number of hydrogen-bond donors (Lipinski definition) is 6. The van der Waals surface area contributed by atoms with Gasteiger partial charge in [-0.3, -0.25) is 30.5 Å². The van der Waals surface area contributed by atoms with Gasteiger partial charge < -0.3 is 0 Å². The van der Waals surface area contributed by atoms with E-state index in [1.54, 1.807) is 0 Å². The summed E-state index contributed by atoms with van der Waals surface area (Å²) >= 11 is 0. The van der Waals surface area contributed by atoms with Gasteiger partial charge >= 0.3 is 0 Å². The van der Waals surface area contributed by atoms with E-state index in [0.29, 0.717) is 0 Å². The van der Waals surface area contributed by atoms with Crippen molar-refractivity contribution < 1.29 is 0 Å². The quantitative estimate of drug-likeness (QED) is 0.280. The lowest BCUT2D eigenvalue weighted by Crippen LogP contribution is -2.30. The summed E-state index contributed by atoms with van der Waals surface area (Å²) in [6.07, 6.45) is 0. The lowest BCUT2D eigenvalue weighted by molar-refractivity contribution is 0.890. The van der Waals surface area contributed by atoms with Crippen molar-refractivity contribution in [1.82, 2.24) is 30.5 Å². The Labute approximate surface area is 148 Å². The molecular weight excluding hydrogens is 363 g/mol. The third-order valence-corrected chi connectivity index (χ3v) is 13.8. The fourth-order valence-corrected chi connectivity index (χ4v) is 14.4. The molecule has 12 heteroatoms. The molecule has 1 heterocycles. The van der Waals surface area contributed by atoms with Gasteiger partial charge in [0.15, 0.2) is 0 Å². The van der Waals surface area contributed by atoms with Crippen molar-refractivity contribution in [3.63, 3.8) is 0 Å². The van der Waals surface area contributed by atoms with Crippen molar-refractivity contribution in [3.05, 3.63) is 0 Å². The van der Waals surface area contributed by atoms with E-state index in [4.69, 9.17) is 13.5 Å². The first kappa shape index (κ1) is 22.5. The van der Waals surface area contributed by atoms with E-state index < -0.39 is 22.5 Å². The maximum atomic E-state index is 5.16. The smallest absolute Gasteiger partial charge is 0.215 e. The van der Waals surface area contributed by atoms with Crippen LogP contribution >= 0.6 is 22.5 Å². The van der Waals surface area contributed by atoms with Gasteiger partial charge in [0, 0.05) is 39.3 Å². The zero-order valence-electron chi connectivity index (χ0n) is 15.9. The van der Waals surface area contributed by atoms with Gasteiger partial charge in [0.1, 0.15) is 0 Å². The molecule has 9 nitrogen and oxygen atoms in total. The molecule has 0 radical (unpaired) electrons. The summed E-state index contributed by atoms with van der Waals surface area (Å²) in [6, 6.07) is 0. The molecule has 0 amide bonds. The minimum atomic E-state index is -2.25. The molecule has 0 bridgehead atoms. The zero-order chi connectivity index (χ0) is 18.1. The molecule has 0 fully saturated rings. The highest BCUT2D eigenvalue weighted by molar-refractivity contribution is 7.83. The van der Waals surface area contributed by atoms with E-state index in [0.717, 1.165) is 39.3 Å². The van der Waals surface area contributed by atoms with Crippen LogP contribution in [-0.2, 0) is 0 Å². The first-order valence-electron chi connectivity index (χ1n) is 8.91. The average molecular weight is 399 g/mol. The second-order valence-electron chi connectivity index (χ2n) is 5.14. The number of rotatable bonds is 12. The van der Waals surface area contributed by atoms with Crippen LogP contribution in [0.15, 0.2) is 13.5 Å². The summed E-state index contributed by atoms with van der Waals surface area (Å²) in [5.41, 5.74) is 0. The molecule has 0 spiro atoms. The molecule has 0 aromatic heterocycles. The van der Waals surface area contributed by atoms with Crippen LogP contribution in [0.1, 0.15) is 41.5 Å². The van der Waals surface area contributed by atoms with Gasteiger partial charge in [-0.1, -0.05) is 41.5 Å². The normalized spacial score (nSPS) is 20.8. The van der Waals surface area contributed by atoms with Crippen molar-refractivity contribution in [2.45, 2.75) is 41.5 Å². The predicted octanol–water partition coefficient (Wildman–Crippen LogP) is 3.50. The largest absolute Gasteiger partial charge is 0.254 e. The number of nitrogens with one attached hydrogen (secondary N) is 6. The zero-order valence-corrected chi connectivity index (χ0v) is 18.6. The summed E-state index contributed by atoms with van der Waals surface area (Å²) < 4.78 is 15.5. The number of hydrogen-bond acceptors (Lipinski definition) is 9. The minimum Gasteiger partial charge on any atom is -0.254 e. The molecule has 24 heavy (non-hydrogen) atoms. The summed E-state index contributed by atoms with van der Waals surface area (Å²) in [5.74, 6) is 0. The van der Waals surface area contributed by atoms with Gasteiger partial charge in [0.2, 0.25) is 22.5 Å². The van der Waals surface area contributed by atoms with Crippen LogP contribution in [-0.4, -0.2) is 39.3 Å². The molecule has 0 aliphatic carbocycles. The Morgan fingerprint density at radius 1 is 0.417 bits per heavy atom. The third kappa shape index (κ3) is 5.73. The first-order chi connectivity index (χ1) is 11.5. The fourth-order valence-electron chi connectivity index (χ4n) is 2.49. The number of nitrogens with zero attached hydrogens (tertiary/aromatic N) is 3. The Morgan fingerprint density at radius 3 is 0.708 bits per heavy atom. The van der Waals surface area contributed by atoms with E-state index in [1.807, 2.05) is 0 Å². The second kappa shape index (κ2) is 10.6. The Kier molecular flexibility index (Phi) is 9.90. The van der Waals surface area contributed by atoms with Gasteiger partial charge in [-0.25, -0.2) is 0 Å². The van der Waals surface area contributed by atoms with E-state index in [2.05, 4.69) is 72.1 Å².